The Morgan fingerprint density at radius 1 is 1.44 bits per heavy atom. The number of hydrogen-bond acceptors (Lipinski definition) is 4. The number of piperidine rings is 1. The molecule has 1 saturated carbocycles. The number of likely N-dealkylation sites (tertiary alicyclic amines) is 1. The lowest BCUT2D eigenvalue weighted by Crippen LogP contribution is -2.40. The third-order valence-electron chi connectivity index (χ3n) is 3.70. The Morgan fingerprint density at radius 2 is 2.28 bits per heavy atom. The lowest BCUT2D eigenvalue weighted by atomic mass is 10.1. The maximum atomic E-state index is 11.6. The molecule has 1 saturated heterocycles. The molecular formula is C13H20N4O. The van der Waals surface area contributed by atoms with Gasteiger partial charge in [-0.15, -0.1) is 0 Å². The number of rotatable bonds is 3. The number of H-pyrrole nitrogens is 1. The molecule has 18 heavy (non-hydrogen) atoms. The molecule has 5 nitrogen and oxygen atoms in total. The highest BCUT2D eigenvalue weighted by Crippen LogP contribution is 2.37. The number of hydrogen-bond donors (Lipinski definition) is 2. The summed E-state index contributed by atoms with van der Waals surface area (Å²) in [5.74, 6) is 2.07. The molecule has 0 bridgehead atoms. The van der Waals surface area contributed by atoms with Crippen LogP contribution in [0.15, 0.2) is 10.9 Å². The Bertz CT molecular complexity index is 480. The van der Waals surface area contributed by atoms with Crippen molar-refractivity contribution >= 4 is 5.82 Å². The lowest BCUT2D eigenvalue weighted by Gasteiger charge is -2.30. The van der Waals surface area contributed by atoms with Gasteiger partial charge in [0.15, 0.2) is 0 Å². The summed E-state index contributed by atoms with van der Waals surface area (Å²) in [4.78, 5) is 21.3. The van der Waals surface area contributed by atoms with E-state index < -0.39 is 0 Å². The number of aromatic amines is 1. The van der Waals surface area contributed by atoms with Gasteiger partial charge in [0.05, 0.1) is 0 Å². The van der Waals surface area contributed by atoms with E-state index in [2.05, 4.69) is 27.2 Å². The van der Waals surface area contributed by atoms with Crippen molar-refractivity contribution < 1.29 is 0 Å². The van der Waals surface area contributed by atoms with Crippen LogP contribution in [-0.4, -0.2) is 41.0 Å². The zero-order chi connectivity index (χ0) is 12.5. The minimum Gasteiger partial charge on any atom is -0.366 e. The first-order valence-corrected chi connectivity index (χ1v) is 6.77. The highest BCUT2D eigenvalue weighted by atomic mass is 16.1. The Labute approximate surface area is 107 Å². The average Bonchev–Trinajstić information content (AvgIpc) is 3.11. The summed E-state index contributed by atoms with van der Waals surface area (Å²) >= 11 is 0. The molecule has 1 atom stereocenters. The predicted molar refractivity (Wildman–Crippen MR) is 71.0 cm³/mol. The highest BCUT2D eigenvalue weighted by molar-refractivity contribution is 5.35. The van der Waals surface area contributed by atoms with Crippen molar-refractivity contribution in [3.8, 4) is 0 Å². The van der Waals surface area contributed by atoms with E-state index in [0.717, 1.165) is 44.0 Å². The predicted octanol–water partition coefficient (Wildman–Crippen LogP) is 1.15. The largest absolute Gasteiger partial charge is 0.366 e. The van der Waals surface area contributed by atoms with Gasteiger partial charge in [-0.25, -0.2) is 4.98 Å². The van der Waals surface area contributed by atoms with Gasteiger partial charge in [0.1, 0.15) is 11.6 Å². The number of aromatic nitrogens is 2. The second-order valence-electron chi connectivity index (χ2n) is 5.54. The quantitative estimate of drug-likeness (QED) is 0.842. The first kappa shape index (κ1) is 11.7. The molecular weight excluding hydrogens is 228 g/mol. The van der Waals surface area contributed by atoms with Crippen LogP contribution < -0.4 is 10.9 Å². The van der Waals surface area contributed by atoms with Crippen LogP contribution in [0, 0.1) is 0 Å². The van der Waals surface area contributed by atoms with Crippen LogP contribution in [0.4, 0.5) is 5.82 Å². The maximum absolute atomic E-state index is 11.6. The topological polar surface area (TPSA) is 61.0 Å². The van der Waals surface area contributed by atoms with Gasteiger partial charge in [0.25, 0.3) is 5.56 Å². The van der Waals surface area contributed by atoms with Gasteiger partial charge in [-0.1, -0.05) is 0 Å². The highest BCUT2D eigenvalue weighted by Gasteiger charge is 2.26. The van der Waals surface area contributed by atoms with E-state index in [-0.39, 0.29) is 5.56 Å². The van der Waals surface area contributed by atoms with E-state index in [1.54, 1.807) is 6.07 Å². The molecule has 2 fully saturated rings. The molecule has 98 valence electrons. The van der Waals surface area contributed by atoms with E-state index in [0.29, 0.717) is 12.0 Å². The van der Waals surface area contributed by atoms with Crippen LogP contribution in [-0.2, 0) is 0 Å². The Balaban J connectivity index is 1.73. The number of nitrogens with zero attached hydrogens (tertiary/aromatic N) is 2. The molecule has 1 aromatic rings. The second kappa shape index (κ2) is 4.72. The van der Waals surface area contributed by atoms with Crippen molar-refractivity contribution in [2.75, 3.05) is 25.5 Å². The Kier molecular flexibility index (Phi) is 3.07. The smallest absolute Gasteiger partial charge is 0.252 e. The van der Waals surface area contributed by atoms with Crippen LogP contribution in [0.2, 0.25) is 0 Å². The van der Waals surface area contributed by atoms with Crippen molar-refractivity contribution in [1.82, 2.24) is 14.9 Å². The molecule has 1 aliphatic carbocycles. The summed E-state index contributed by atoms with van der Waals surface area (Å²) in [6, 6.07) is 1.98. The summed E-state index contributed by atoms with van der Waals surface area (Å²) < 4.78 is 0. The monoisotopic (exact) mass is 248 g/mol. The fraction of sp³-hybridized carbons (Fsp3) is 0.692. The van der Waals surface area contributed by atoms with Crippen molar-refractivity contribution in [1.29, 1.82) is 0 Å². The zero-order valence-electron chi connectivity index (χ0n) is 10.8. The maximum Gasteiger partial charge on any atom is 0.252 e. The van der Waals surface area contributed by atoms with Gasteiger partial charge in [-0.05, 0) is 39.3 Å². The SMILES string of the molecule is CN1CCCC(Nc2cc(=O)[nH]c(C3CC3)n2)C1. The normalized spacial score (nSPS) is 25.1. The van der Waals surface area contributed by atoms with Gasteiger partial charge in [0, 0.05) is 24.6 Å². The first-order chi connectivity index (χ1) is 8.70. The molecule has 2 heterocycles. The Morgan fingerprint density at radius 3 is 3.00 bits per heavy atom. The minimum absolute atomic E-state index is 0.0430. The van der Waals surface area contributed by atoms with Crippen molar-refractivity contribution in [2.24, 2.45) is 0 Å². The molecule has 5 heteroatoms. The van der Waals surface area contributed by atoms with Gasteiger partial charge < -0.3 is 15.2 Å². The second-order valence-corrected chi connectivity index (χ2v) is 5.54. The third kappa shape index (κ3) is 2.72. The first-order valence-electron chi connectivity index (χ1n) is 6.77. The van der Waals surface area contributed by atoms with Crippen molar-refractivity contribution in [3.05, 3.63) is 22.2 Å². The summed E-state index contributed by atoms with van der Waals surface area (Å²) in [6.45, 7) is 2.18. The standard InChI is InChI=1S/C13H20N4O/c1-17-6-2-3-10(8-17)14-11-7-12(18)16-13(15-11)9-4-5-9/h7,9-10H,2-6,8H2,1H3,(H2,14,15,16,18). The summed E-state index contributed by atoms with van der Waals surface area (Å²) in [5, 5.41) is 3.40. The van der Waals surface area contributed by atoms with E-state index >= 15 is 0 Å². The van der Waals surface area contributed by atoms with E-state index in [1.807, 2.05) is 0 Å². The fourth-order valence-electron chi connectivity index (χ4n) is 2.59. The summed E-state index contributed by atoms with van der Waals surface area (Å²) in [7, 11) is 2.13. The lowest BCUT2D eigenvalue weighted by molar-refractivity contribution is 0.260. The van der Waals surface area contributed by atoms with Crippen LogP contribution in [0.5, 0.6) is 0 Å². The summed E-state index contributed by atoms with van der Waals surface area (Å²) in [6.07, 6.45) is 4.65. The van der Waals surface area contributed by atoms with Gasteiger partial charge in [-0.2, -0.15) is 0 Å². The molecule has 1 unspecified atom stereocenters. The van der Waals surface area contributed by atoms with Gasteiger partial charge in [0.2, 0.25) is 0 Å². The van der Waals surface area contributed by atoms with E-state index in [1.165, 1.54) is 6.42 Å². The molecule has 0 radical (unpaired) electrons. The molecule has 0 spiro atoms. The van der Waals surface area contributed by atoms with Crippen molar-refractivity contribution in [3.63, 3.8) is 0 Å². The van der Waals surface area contributed by atoms with E-state index in [9.17, 15) is 4.79 Å². The molecule has 2 aliphatic rings. The van der Waals surface area contributed by atoms with Crippen LogP contribution in [0.3, 0.4) is 0 Å². The van der Waals surface area contributed by atoms with E-state index in [4.69, 9.17) is 0 Å². The molecule has 0 amide bonds. The van der Waals surface area contributed by atoms with Crippen LogP contribution in [0.25, 0.3) is 0 Å². The Hall–Kier alpha value is -1.36. The number of anilines is 1. The number of nitrogens with one attached hydrogen (secondary N) is 2. The van der Waals surface area contributed by atoms with Crippen LogP contribution in [0.1, 0.15) is 37.4 Å². The number of likely N-dealkylation sites (N-methyl/N-ethyl adjacent to an activating group) is 1. The fourth-order valence-corrected chi connectivity index (χ4v) is 2.59. The van der Waals surface area contributed by atoms with Crippen molar-refractivity contribution in [2.45, 2.75) is 37.6 Å². The van der Waals surface area contributed by atoms with Crippen LogP contribution >= 0.6 is 0 Å². The minimum atomic E-state index is -0.0430. The molecule has 2 N–H and O–H groups in total. The molecule has 3 rings (SSSR count). The molecule has 1 aliphatic heterocycles. The van der Waals surface area contributed by atoms with Gasteiger partial charge in [-0.3, -0.25) is 4.79 Å². The molecule has 1 aromatic heterocycles. The molecule has 0 aromatic carbocycles. The average molecular weight is 248 g/mol. The summed E-state index contributed by atoms with van der Waals surface area (Å²) in [5.41, 5.74) is -0.0430. The third-order valence-corrected chi connectivity index (χ3v) is 3.70. The van der Waals surface area contributed by atoms with Gasteiger partial charge >= 0.3 is 0 Å². The zero-order valence-corrected chi connectivity index (χ0v) is 10.8.